The third kappa shape index (κ3) is 4.32. The number of amides is 2. The first-order chi connectivity index (χ1) is 15.1. The zero-order chi connectivity index (χ0) is 21.4. The van der Waals surface area contributed by atoms with Crippen molar-refractivity contribution < 1.29 is 14.3 Å². The summed E-state index contributed by atoms with van der Waals surface area (Å²) in [5.41, 5.74) is 1.04. The first-order valence-electron chi connectivity index (χ1n) is 12.0. The van der Waals surface area contributed by atoms with Crippen molar-refractivity contribution in [3.63, 3.8) is 0 Å². The van der Waals surface area contributed by atoms with E-state index < -0.39 is 0 Å². The maximum Gasteiger partial charge on any atom is 0.226 e. The summed E-state index contributed by atoms with van der Waals surface area (Å²) in [6, 6.07) is 8.86. The van der Waals surface area contributed by atoms with Gasteiger partial charge in [-0.1, -0.05) is 12.1 Å². The Labute approximate surface area is 185 Å². The van der Waals surface area contributed by atoms with E-state index in [0.717, 1.165) is 69.7 Å². The second kappa shape index (κ2) is 8.81. The van der Waals surface area contributed by atoms with Gasteiger partial charge in [-0.15, -0.1) is 0 Å². The van der Waals surface area contributed by atoms with Gasteiger partial charge in [0.1, 0.15) is 5.75 Å². The number of methoxy groups -OCH3 is 1. The fraction of sp³-hybridized carbons (Fsp3) is 0.680. The van der Waals surface area contributed by atoms with Gasteiger partial charge in [0.2, 0.25) is 11.8 Å². The molecule has 168 valence electrons. The normalized spacial score (nSPS) is 29.6. The Balaban J connectivity index is 1.14. The fourth-order valence-electron chi connectivity index (χ4n) is 6.46. The molecule has 0 saturated carbocycles. The average Bonchev–Trinajstić information content (AvgIpc) is 2.80. The van der Waals surface area contributed by atoms with Crippen molar-refractivity contribution in [3.8, 4) is 5.75 Å². The van der Waals surface area contributed by atoms with Crippen LogP contribution in [0.15, 0.2) is 24.3 Å². The second-order valence-corrected chi connectivity index (χ2v) is 9.96. The van der Waals surface area contributed by atoms with Gasteiger partial charge in [-0.05, 0) is 61.6 Å². The Morgan fingerprint density at radius 2 is 1.84 bits per heavy atom. The molecule has 0 N–H and O–H groups in total. The van der Waals surface area contributed by atoms with Crippen molar-refractivity contribution >= 4 is 11.8 Å². The maximum atomic E-state index is 12.8. The molecule has 0 aliphatic carbocycles. The van der Waals surface area contributed by atoms with E-state index >= 15 is 0 Å². The van der Waals surface area contributed by atoms with Crippen LogP contribution in [-0.4, -0.2) is 78.4 Å². The van der Waals surface area contributed by atoms with E-state index in [9.17, 15) is 9.59 Å². The van der Waals surface area contributed by atoms with E-state index in [-0.39, 0.29) is 5.91 Å². The topological polar surface area (TPSA) is 53.1 Å². The molecule has 0 radical (unpaired) electrons. The molecule has 1 aromatic rings. The molecular weight excluding hydrogens is 390 g/mol. The van der Waals surface area contributed by atoms with Crippen LogP contribution in [0.5, 0.6) is 5.75 Å². The summed E-state index contributed by atoms with van der Waals surface area (Å²) in [5, 5.41) is 0. The summed E-state index contributed by atoms with van der Waals surface area (Å²) in [6.45, 7) is 4.95. The van der Waals surface area contributed by atoms with Crippen molar-refractivity contribution in [2.24, 2.45) is 11.8 Å². The average molecular weight is 426 g/mol. The van der Waals surface area contributed by atoms with Crippen molar-refractivity contribution in [3.05, 3.63) is 29.8 Å². The molecule has 4 aliphatic rings. The van der Waals surface area contributed by atoms with Crippen molar-refractivity contribution in [1.29, 1.82) is 0 Å². The Kier molecular flexibility index (Phi) is 5.91. The first-order valence-corrected chi connectivity index (χ1v) is 12.0. The van der Waals surface area contributed by atoms with Crippen LogP contribution in [0.2, 0.25) is 0 Å². The minimum atomic E-state index is 0.232. The first kappa shape index (κ1) is 20.8. The molecule has 3 atom stereocenters. The zero-order valence-electron chi connectivity index (χ0n) is 18.7. The van der Waals surface area contributed by atoms with Crippen LogP contribution in [0.25, 0.3) is 0 Å². The Bertz CT molecular complexity index is 803. The third-order valence-electron chi connectivity index (χ3n) is 8.06. The lowest BCUT2D eigenvalue weighted by Gasteiger charge is -2.54. The fourth-order valence-corrected chi connectivity index (χ4v) is 6.46. The number of carbonyl (C=O) groups excluding carboxylic acids is 2. The highest BCUT2D eigenvalue weighted by Crippen LogP contribution is 2.39. The molecule has 4 saturated heterocycles. The molecule has 4 aliphatic heterocycles. The number of nitrogens with zero attached hydrogens (tertiary/aromatic N) is 3. The minimum absolute atomic E-state index is 0.232. The number of benzene rings is 1. The predicted octanol–water partition coefficient (Wildman–Crippen LogP) is 2.56. The van der Waals surface area contributed by atoms with Gasteiger partial charge in [0.15, 0.2) is 0 Å². The lowest BCUT2D eigenvalue weighted by molar-refractivity contribution is -0.146. The van der Waals surface area contributed by atoms with E-state index in [4.69, 9.17) is 4.74 Å². The van der Waals surface area contributed by atoms with Gasteiger partial charge >= 0.3 is 0 Å². The Morgan fingerprint density at radius 3 is 2.58 bits per heavy atom. The number of piperidine rings is 4. The van der Waals surface area contributed by atoms with Crippen LogP contribution in [0, 0.1) is 11.8 Å². The predicted molar refractivity (Wildman–Crippen MR) is 119 cm³/mol. The van der Waals surface area contributed by atoms with Crippen molar-refractivity contribution in [2.75, 3.05) is 39.8 Å². The molecule has 0 aromatic heterocycles. The van der Waals surface area contributed by atoms with Gasteiger partial charge in [0.05, 0.1) is 13.5 Å². The summed E-state index contributed by atoms with van der Waals surface area (Å²) in [6.07, 6.45) is 6.91. The van der Waals surface area contributed by atoms with E-state index in [0.29, 0.717) is 36.2 Å². The molecule has 0 spiro atoms. The van der Waals surface area contributed by atoms with E-state index in [1.807, 2.05) is 29.2 Å². The molecule has 31 heavy (non-hydrogen) atoms. The number of hydrogen-bond donors (Lipinski definition) is 0. The van der Waals surface area contributed by atoms with Gasteiger partial charge in [-0.3, -0.25) is 14.5 Å². The summed E-state index contributed by atoms with van der Waals surface area (Å²) >= 11 is 0. The molecule has 6 heteroatoms. The quantitative estimate of drug-likeness (QED) is 0.744. The molecule has 2 amide bonds. The zero-order valence-corrected chi connectivity index (χ0v) is 18.7. The number of fused-ring (bicyclic) bond motifs is 4. The van der Waals surface area contributed by atoms with Gasteiger partial charge in [0, 0.05) is 51.2 Å². The van der Waals surface area contributed by atoms with Crippen LogP contribution in [0.1, 0.15) is 44.1 Å². The highest BCUT2D eigenvalue weighted by Gasteiger charge is 2.45. The summed E-state index contributed by atoms with van der Waals surface area (Å²) < 4.78 is 5.20. The van der Waals surface area contributed by atoms with Crippen LogP contribution in [-0.2, 0) is 16.0 Å². The van der Waals surface area contributed by atoms with Gasteiger partial charge in [-0.2, -0.15) is 0 Å². The lowest BCUT2D eigenvalue weighted by atomic mass is 9.75. The molecule has 6 nitrogen and oxygen atoms in total. The Morgan fingerprint density at radius 1 is 1.06 bits per heavy atom. The number of ether oxygens (including phenoxy) is 1. The molecule has 2 bridgehead atoms. The summed E-state index contributed by atoms with van der Waals surface area (Å²) in [7, 11) is 1.66. The largest absolute Gasteiger partial charge is 0.497 e. The Hall–Kier alpha value is -2.08. The number of likely N-dealkylation sites (tertiary alicyclic amines) is 2. The van der Waals surface area contributed by atoms with Gasteiger partial charge in [0.25, 0.3) is 0 Å². The third-order valence-corrected chi connectivity index (χ3v) is 8.06. The monoisotopic (exact) mass is 425 g/mol. The van der Waals surface area contributed by atoms with Gasteiger partial charge < -0.3 is 14.5 Å². The van der Waals surface area contributed by atoms with Crippen molar-refractivity contribution in [2.45, 2.75) is 57.0 Å². The van der Waals surface area contributed by atoms with Crippen molar-refractivity contribution in [1.82, 2.24) is 14.7 Å². The van der Waals surface area contributed by atoms with Crippen LogP contribution < -0.4 is 4.74 Å². The standard InChI is InChI=1S/C25H35N3O3/c1-31-22-7-5-18(6-8-22)14-25(30)26-11-9-21(10-12-26)27-15-19-13-20(17-27)23-3-2-4-24(29)28(23)16-19/h5-8,19-21,23H,2-4,9-17H2,1H3/t19-,20+,23+/m0/s1. The summed E-state index contributed by atoms with van der Waals surface area (Å²) in [4.78, 5) is 32.2. The number of hydrogen-bond acceptors (Lipinski definition) is 4. The molecule has 0 unspecified atom stereocenters. The highest BCUT2D eigenvalue weighted by molar-refractivity contribution is 5.79. The lowest BCUT2D eigenvalue weighted by Crippen LogP contribution is -2.62. The second-order valence-electron chi connectivity index (χ2n) is 9.96. The van der Waals surface area contributed by atoms with E-state index in [1.54, 1.807) is 7.11 Å². The molecule has 4 fully saturated rings. The van der Waals surface area contributed by atoms with Crippen LogP contribution >= 0.6 is 0 Å². The smallest absolute Gasteiger partial charge is 0.226 e. The van der Waals surface area contributed by atoms with Crippen LogP contribution in [0.4, 0.5) is 0 Å². The number of rotatable bonds is 4. The van der Waals surface area contributed by atoms with E-state index in [2.05, 4.69) is 9.80 Å². The number of carbonyl (C=O) groups is 2. The maximum absolute atomic E-state index is 12.8. The molecule has 5 rings (SSSR count). The van der Waals surface area contributed by atoms with Crippen LogP contribution in [0.3, 0.4) is 0 Å². The minimum Gasteiger partial charge on any atom is -0.497 e. The highest BCUT2D eigenvalue weighted by atomic mass is 16.5. The molecular formula is C25H35N3O3. The van der Waals surface area contributed by atoms with E-state index in [1.165, 1.54) is 12.8 Å². The SMILES string of the molecule is COc1ccc(CC(=O)N2CCC(N3C[C@@H]4C[C@H](C3)[C@H]3CCCC(=O)N3C4)CC2)cc1. The van der Waals surface area contributed by atoms with Gasteiger partial charge in [-0.25, -0.2) is 0 Å². The molecule has 4 heterocycles. The summed E-state index contributed by atoms with van der Waals surface area (Å²) in [5.74, 6) is 2.72. The molecule has 1 aromatic carbocycles.